The van der Waals surface area contributed by atoms with Gasteiger partial charge in [0, 0.05) is 24.3 Å². The molecule has 1 atom stereocenters. The van der Waals surface area contributed by atoms with E-state index in [0.29, 0.717) is 28.3 Å². The molecule has 9 heteroatoms. The molecule has 0 aliphatic carbocycles. The number of hydrogen-bond donors (Lipinski definition) is 2. The highest BCUT2D eigenvalue weighted by molar-refractivity contribution is 6.01. The Hall–Kier alpha value is -4.14. The van der Waals surface area contributed by atoms with Crippen molar-refractivity contribution >= 4 is 35.3 Å². The van der Waals surface area contributed by atoms with Crippen LogP contribution in [0.2, 0.25) is 0 Å². The van der Waals surface area contributed by atoms with E-state index < -0.39 is 18.0 Å². The molecule has 2 aromatic rings. The van der Waals surface area contributed by atoms with Crippen molar-refractivity contribution in [2.45, 2.75) is 20.0 Å². The Kier molecular flexibility index (Phi) is 8.53. The van der Waals surface area contributed by atoms with Crippen LogP contribution < -0.4 is 20.5 Å². The first-order valence-corrected chi connectivity index (χ1v) is 9.59. The molecule has 0 aromatic heterocycles. The molecule has 9 nitrogen and oxygen atoms in total. The third-order valence-electron chi connectivity index (χ3n) is 4.12. The van der Waals surface area contributed by atoms with E-state index >= 15 is 0 Å². The van der Waals surface area contributed by atoms with Crippen molar-refractivity contribution in [1.82, 2.24) is 0 Å². The average molecular weight is 440 g/mol. The number of methoxy groups -OCH3 is 1. The second-order valence-electron chi connectivity index (χ2n) is 6.70. The van der Waals surface area contributed by atoms with Crippen LogP contribution in [0.5, 0.6) is 11.5 Å². The van der Waals surface area contributed by atoms with Crippen LogP contribution in [0.1, 0.15) is 29.8 Å². The van der Waals surface area contributed by atoms with E-state index in [1.165, 1.54) is 33.1 Å². The van der Waals surface area contributed by atoms with E-state index in [4.69, 9.17) is 19.9 Å². The van der Waals surface area contributed by atoms with Crippen LogP contribution >= 0.6 is 0 Å². The van der Waals surface area contributed by atoms with Gasteiger partial charge in [-0.15, -0.1) is 0 Å². The maximum absolute atomic E-state index is 12.5. The average Bonchev–Trinajstić information content (AvgIpc) is 2.76. The highest BCUT2D eigenvalue weighted by Gasteiger charge is 2.18. The first kappa shape index (κ1) is 24.1. The quantitative estimate of drug-likeness (QED) is 0.329. The second-order valence-corrected chi connectivity index (χ2v) is 6.70. The van der Waals surface area contributed by atoms with Crippen molar-refractivity contribution in [1.29, 1.82) is 0 Å². The lowest BCUT2D eigenvalue weighted by Crippen LogP contribution is -2.23. The number of carbonyl (C=O) groups is 4. The Bertz CT molecular complexity index is 1030. The summed E-state index contributed by atoms with van der Waals surface area (Å²) >= 11 is 0. The van der Waals surface area contributed by atoms with Crippen LogP contribution in [0.4, 0.5) is 5.69 Å². The molecule has 2 aromatic carbocycles. The molecule has 0 heterocycles. The molecule has 0 aliphatic heterocycles. The number of primary amides is 1. The maximum atomic E-state index is 12.5. The molecule has 168 valence electrons. The van der Waals surface area contributed by atoms with Gasteiger partial charge in [-0.2, -0.15) is 0 Å². The summed E-state index contributed by atoms with van der Waals surface area (Å²) in [4.78, 5) is 46.5. The molecule has 2 amide bonds. The second kappa shape index (κ2) is 11.3. The molecular formula is C23H24N2O7. The number of benzene rings is 2. The third kappa shape index (κ3) is 7.28. The zero-order chi connectivity index (χ0) is 23.7. The first-order valence-electron chi connectivity index (χ1n) is 9.59. The lowest BCUT2D eigenvalue weighted by atomic mass is 10.1. The van der Waals surface area contributed by atoms with Gasteiger partial charge in [-0.25, -0.2) is 4.79 Å². The molecule has 0 saturated heterocycles. The summed E-state index contributed by atoms with van der Waals surface area (Å²) in [5.74, 6) is -1.23. The maximum Gasteiger partial charge on any atom is 0.331 e. The van der Waals surface area contributed by atoms with E-state index in [1.807, 2.05) is 0 Å². The fraction of sp³-hybridized carbons (Fsp3) is 0.217. The number of amides is 2. The molecule has 2 rings (SSSR count). The molecule has 1 unspecified atom stereocenters. The predicted molar refractivity (Wildman–Crippen MR) is 117 cm³/mol. The summed E-state index contributed by atoms with van der Waals surface area (Å²) in [5, 5.41) is 2.61. The normalized spacial score (nSPS) is 11.5. The van der Waals surface area contributed by atoms with E-state index in [0.717, 1.165) is 0 Å². The van der Waals surface area contributed by atoms with Crippen LogP contribution in [0, 0.1) is 0 Å². The minimum absolute atomic E-state index is 0.219. The van der Waals surface area contributed by atoms with Gasteiger partial charge in [0.15, 0.2) is 24.2 Å². The fourth-order valence-electron chi connectivity index (χ4n) is 2.64. The molecule has 32 heavy (non-hydrogen) atoms. The van der Waals surface area contributed by atoms with Gasteiger partial charge in [0.1, 0.15) is 0 Å². The Morgan fingerprint density at radius 1 is 1.06 bits per heavy atom. The standard InChI is InChI=1S/C23H24N2O7/c1-14(23(29)17-6-8-18(9-7-17)25-15(2)26)32-22(28)11-5-16-4-10-19(20(12-16)30-3)31-13-21(24)27/h4-12,14H,13H2,1-3H3,(H2,24,27)(H,25,26)/b11-5+. The number of nitrogens with two attached hydrogens (primary N) is 1. The number of anilines is 1. The van der Waals surface area contributed by atoms with Gasteiger partial charge >= 0.3 is 5.97 Å². The van der Waals surface area contributed by atoms with Gasteiger partial charge in [-0.1, -0.05) is 6.07 Å². The molecule has 0 spiro atoms. The summed E-state index contributed by atoms with van der Waals surface area (Å²) in [7, 11) is 1.43. The number of hydrogen-bond acceptors (Lipinski definition) is 7. The molecule has 0 aliphatic rings. The van der Waals surface area contributed by atoms with Gasteiger partial charge in [0.25, 0.3) is 5.91 Å². The molecule has 3 N–H and O–H groups in total. The highest BCUT2D eigenvalue weighted by atomic mass is 16.5. The molecular weight excluding hydrogens is 416 g/mol. The van der Waals surface area contributed by atoms with Crippen molar-refractivity contribution in [2.75, 3.05) is 19.0 Å². The zero-order valence-electron chi connectivity index (χ0n) is 17.9. The number of nitrogens with one attached hydrogen (secondary N) is 1. The number of carbonyl (C=O) groups excluding carboxylic acids is 4. The van der Waals surface area contributed by atoms with Crippen molar-refractivity contribution in [2.24, 2.45) is 5.73 Å². The summed E-state index contributed by atoms with van der Waals surface area (Å²) in [6.07, 6.45) is 1.67. The van der Waals surface area contributed by atoms with Crippen molar-refractivity contribution in [3.05, 3.63) is 59.7 Å². The number of esters is 1. The van der Waals surface area contributed by atoms with Gasteiger partial charge in [0.05, 0.1) is 7.11 Å². The predicted octanol–water partition coefficient (Wildman–Crippen LogP) is 2.35. The van der Waals surface area contributed by atoms with Crippen molar-refractivity contribution in [3.63, 3.8) is 0 Å². The topological polar surface area (TPSA) is 134 Å². The van der Waals surface area contributed by atoms with Crippen molar-refractivity contribution < 1.29 is 33.4 Å². The summed E-state index contributed by atoms with van der Waals surface area (Å²) in [6.45, 7) is 2.57. The number of Topliss-reactive ketones (excluding diaryl/α,β-unsaturated/α-hetero) is 1. The summed E-state index contributed by atoms with van der Waals surface area (Å²) < 4.78 is 15.6. The monoisotopic (exact) mass is 440 g/mol. The Morgan fingerprint density at radius 3 is 2.34 bits per heavy atom. The van der Waals surface area contributed by atoms with E-state index in [-0.39, 0.29) is 18.3 Å². The number of ether oxygens (including phenoxy) is 3. The van der Waals surface area contributed by atoms with Gasteiger partial charge in [-0.05, 0) is 55.0 Å². The Balaban J connectivity index is 1.98. The number of ketones is 1. The summed E-state index contributed by atoms with van der Waals surface area (Å²) in [5.41, 5.74) is 6.57. The first-order chi connectivity index (χ1) is 15.2. The molecule has 0 bridgehead atoms. The van der Waals surface area contributed by atoms with Crippen LogP contribution in [0.15, 0.2) is 48.5 Å². The van der Waals surface area contributed by atoms with Crippen LogP contribution in [0.25, 0.3) is 6.08 Å². The van der Waals surface area contributed by atoms with Crippen LogP contribution in [-0.4, -0.2) is 43.4 Å². The Labute approximate surface area is 185 Å². The highest BCUT2D eigenvalue weighted by Crippen LogP contribution is 2.28. The Morgan fingerprint density at radius 2 is 1.75 bits per heavy atom. The third-order valence-corrected chi connectivity index (χ3v) is 4.12. The zero-order valence-corrected chi connectivity index (χ0v) is 17.9. The smallest absolute Gasteiger partial charge is 0.331 e. The van der Waals surface area contributed by atoms with Crippen LogP contribution in [-0.2, 0) is 19.1 Å². The van der Waals surface area contributed by atoms with Crippen molar-refractivity contribution in [3.8, 4) is 11.5 Å². The molecule has 0 fully saturated rings. The van der Waals surface area contributed by atoms with Crippen LogP contribution in [0.3, 0.4) is 0 Å². The van der Waals surface area contributed by atoms with Gasteiger partial charge in [0.2, 0.25) is 11.7 Å². The molecule has 0 radical (unpaired) electrons. The minimum atomic E-state index is -1.00. The fourth-order valence-corrected chi connectivity index (χ4v) is 2.64. The lowest BCUT2D eigenvalue weighted by molar-refractivity contribution is -0.140. The molecule has 0 saturated carbocycles. The van der Waals surface area contributed by atoms with E-state index in [2.05, 4.69) is 5.32 Å². The minimum Gasteiger partial charge on any atom is -0.493 e. The lowest BCUT2D eigenvalue weighted by Gasteiger charge is -2.12. The SMILES string of the molecule is COc1cc(/C=C/C(=O)OC(C)C(=O)c2ccc(NC(C)=O)cc2)ccc1OCC(N)=O. The van der Waals surface area contributed by atoms with E-state index in [9.17, 15) is 19.2 Å². The summed E-state index contributed by atoms with van der Waals surface area (Å²) in [6, 6.07) is 11.1. The number of rotatable bonds is 10. The largest absolute Gasteiger partial charge is 0.493 e. The van der Waals surface area contributed by atoms with Gasteiger partial charge in [-0.3, -0.25) is 14.4 Å². The van der Waals surface area contributed by atoms with Gasteiger partial charge < -0.3 is 25.3 Å². The van der Waals surface area contributed by atoms with E-state index in [1.54, 1.807) is 42.5 Å².